The maximum Gasteiger partial charge on any atom is 0.417 e. The second-order valence-electron chi connectivity index (χ2n) is 18.1. The Morgan fingerprint density at radius 2 is 1.08 bits per heavy atom. The highest BCUT2D eigenvalue weighted by Crippen LogP contribution is 2.36. The van der Waals surface area contributed by atoms with E-state index in [-0.39, 0.29) is 11.4 Å². The molecule has 0 fully saturated rings. The van der Waals surface area contributed by atoms with Gasteiger partial charge in [-0.15, -0.1) is 10.2 Å². The van der Waals surface area contributed by atoms with Gasteiger partial charge in [0.25, 0.3) is 5.69 Å². The normalized spacial score (nSPS) is 12.9. The number of amides is 1. The third-order valence-electron chi connectivity index (χ3n) is 10.5. The van der Waals surface area contributed by atoms with Gasteiger partial charge < -0.3 is 20.3 Å². The SMILES string of the molecule is CC(C)CN(CC(C)C)c1ccc(-c2ccccc2C2=NN=NC2)cc1N.CC(C)CN(CC(C)C)c1ccc(-c2ccccc2C2=NN=NC2)cc1NC(=O)Oc1ccc([N+](=O)[O-])cc1. The highest BCUT2D eigenvalue weighted by Gasteiger charge is 2.21. The molecule has 0 radical (unpaired) electrons. The van der Waals surface area contributed by atoms with E-state index in [1.165, 1.54) is 24.3 Å². The molecule has 15 heteroatoms. The highest BCUT2D eigenvalue weighted by atomic mass is 16.6. The van der Waals surface area contributed by atoms with Crippen molar-refractivity contribution in [3.63, 3.8) is 0 Å². The number of hydrogen-bond donors (Lipinski definition) is 2. The minimum atomic E-state index is -0.692. The number of rotatable bonds is 17. The predicted molar refractivity (Wildman–Crippen MR) is 267 cm³/mol. The molecule has 5 aromatic carbocycles. The largest absolute Gasteiger partial charge is 0.417 e. The summed E-state index contributed by atoms with van der Waals surface area (Å²) in [6.45, 7) is 22.2. The second-order valence-corrected chi connectivity index (χ2v) is 18.1. The number of carbonyl (C=O) groups is 1. The van der Waals surface area contributed by atoms with Crippen LogP contribution in [0.1, 0.15) is 66.5 Å². The number of nitrogen functional groups attached to an aromatic ring is 1. The standard InChI is InChI=1S/C29H32N6O4.C22H29N5/c1-19(2)17-34(18-20(3)4)28-14-9-21(24-7-5-6-8-25(24)27-16-30-33-32-27)15-26(28)31-29(36)39-23-12-10-22(11-13-23)35(37)38;1-15(2)13-27(14-16(3)4)22-10-9-17(11-20(22)23)18-7-5-6-8-19(18)21-12-24-26-25-21/h5-15,19-20H,16-18H2,1-4H3,(H,31,36);5-11,15-16H,12-14,23H2,1-4H3. The quantitative estimate of drug-likeness (QED) is 0.0527. The van der Waals surface area contributed by atoms with Gasteiger partial charge in [-0.1, -0.05) is 116 Å². The van der Waals surface area contributed by atoms with E-state index in [9.17, 15) is 14.9 Å². The molecule has 2 heterocycles. The summed E-state index contributed by atoms with van der Waals surface area (Å²) in [4.78, 5) is 28.1. The molecule has 5 aromatic rings. The number of hydrogen-bond acceptors (Lipinski definition) is 13. The van der Waals surface area contributed by atoms with Gasteiger partial charge in [0, 0.05) is 49.4 Å². The van der Waals surface area contributed by atoms with E-state index >= 15 is 0 Å². The van der Waals surface area contributed by atoms with Gasteiger partial charge in [0.15, 0.2) is 0 Å². The van der Waals surface area contributed by atoms with Crippen LogP contribution in [0, 0.1) is 33.8 Å². The van der Waals surface area contributed by atoms with Crippen LogP contribution in [0.5, 0.6) is 5.75 Å². The molecule has 1 amide bonds. The Morgan fingerprint density at radius 1 is 0.636 bits per heavy atom. The van der Waals surface area contributed by atoms with Crippen LogP contribution >= 0.6 is 0 Å². The van der Waals surface area contributed by atoms with Crippen molar-refractivity contribution in [1.29, 1.82) is 0 Å². The zero-order valence-electron chi connectivity index (χ0n) is 39.2. The monoisotopic (exact) mass is 891 g/mol. The molecule has 2 aliphatic heterocycles. The smallest absolute Gasteiger partial charge is 0.410 e. The molecule has 0 aliphatic carbocycles. The number of non-ortho nitro benzene ring substituents is 1. The van der Waals surface area contributed by atoms with Crippen LogP contribution in [0.2, 0.25) is 0 Å². The maximum atomic E-state index is 13.0. The summed E-state index contributed by atoms with van der Waals surface area (Å²) in [6.07, 6.45) is -0.692. The lowest BCUT2D eigenvalue weighted by Crippen LogP contribution is -2.32. The zero-order chi connectivity index (χ0) is 47.3. The van der Waals surface area contributed by atoms with Gasteiger partial charge >= 0.3 is 6.09 Å². The van der Waals surface area contributed by atoms with Crippen LogP contribution in [0.3, 0.4) is 0 Å². The van der Waals surface area contributed by atoms with E-state index in [1.807, 2.05) is 54.6 Å². The molecule has 0 saturated carbocycles. The topological polar surface area (TPSA) is 188 Å². The molecule has 0 saturated heterocycles. The summed E-state index contributed by atoms with van der Waals surface area (Å²) >= 11 is 0. The van der Waals surface area contributed by atoms with E-state index in [0.29, 0.717) is 42.4 Å². The second kappa shape index (κ2) is 22.6. The number of nitrogens with zero attached hydrogens (tertiary/aromatic N) is 9. The van der Waals surface area contributed by atoms with Crippen molar-refractivity contribution >= 4 is 46.0 Å². The number of nitro benzene ring substituents is 1. The van der Waals surface area contributed by atoms with Crippen LogP contribution in [0.15, 0.2) is 140 Å². The van der Waals surface area contributed by atoms with Crippen molar-refractivity contribution < 1.29 is 14.5 Å². The lowest BCUT2D eigenvalue weighted by atomic mass is 9.95. The predicted octanol–water partition coefficient (Wildman–Crippen LogP) is 12.4. The van der Waals surface area contributed by atoms with Gasteiger partial charge in [-0.25, -0.2) is 4.79 Å². The van der Waals surface area contributed by atoms with Crippen molar-refractivity contribution in [1.82, 2.24) is 0 Å². The number of anilines is 4. The molecule has 3 N–H and O–H groups in total. The first-order valence-electron chi connectivity index (χ1n) is 22.5. The Balaban J connectivity index is 0.000000233. The fourth-order valence-corrected chi connectivity index (χ4v) is 7.96. The maximum absolute atomic E-state index is 13.0. The van der Waals surface area contributed by atoms with E-state index in [4.69, 9.17) is 10.5 Å². The third-order valence-corrected chi connectivity index (χ3v) is 10.5. The molecular weight excluding hydrogens is 831 g/mol. The molecule has 7 rings (SSSR count). The minimum Gasteiger partial charge on any atom is -0.410 e. The first-order chi connectivity index (χ1) is 31.7. The van der Waals surface area contributed by atoms with Crippen molar-refractivity contribution in [2.75, 3.05) is 60.1 Å². The van der Waals surface area contributed by atoms with Crippen LogP contribution in [0.4, 0.5) is 33.2 Å². The number of nitrogens with one attached hydrogen (secondary N) is 1. The summed E-state index contributed by atoms with van der Waals surface area (Å²) in [5, 5.41) is 37.7. The third kappa shape index (κ3) is 12.9. The number of nitrogens with two attached hydrogens (primary N) is 1. The first kappa shape index (κ1) is 48.2. The lowest BCUT2D eigenvalue weighted by Gasteiger charge is -2.30. The number of ether oxygens (including phenoxy) is 1. The number of nitro groups is 1. The molecule has 0 spiro atoms. The Kier molecular flexibility index (Phi) is 16.5. The average Bonchev–Trinajstić information content (AvgIpc) is 4.02. The van der Waals surface area contributed by atoms with Crippen LogP contribution in [-0.4, -0.2) is 61.7 Å². The molecule has 0 unspecified atom stereocenters. The van der Waals surface area contributed by atoms with Gasteiger partial charge in [-0.2, -0.15) is 10.2 Å². The zero-order valence-corrected chi connectivity index (χ0v) is 39.2. The number of carbonyl (C=O) groups excluding carboxylic acids is 1. The first-order valence-corrected chi connectivity index (χ1v) is 22.5. The van der Waals surface area contributed by atoms with Crippen molar-refractivity contribution in [2.24, 2.45) is 54.5 Å². The molecule has 2 aliphatic rings. The van der Waals surface area contributed by atoms with Gasteiger partial charge in [-0.05, 0) is 92.8 Å². The van der Waals surface area contributed by atoms with E-state index in [2.05, 4.69) is 132 Å². The van der Waals surface area contributed by atoms with Gasteiger partial charge in [0.1, 0.15) is 18.8 Å². The number of benzene rings is 5. The van der Waals surface area contributed by atoms with E-state index in [1.54, 1.807) is 0 Å². The van der Waals surface area contributed by atoms with Crippen molar-refractivity contribution in [2.45, 2.75) is 55.4 Å². The van der Waals surface area contributed by atoms with Crippen LogP contribution in [-0.2, 0) is 0 Å². The lowest BCUT2D eigenvalue weighted by molar-refractivity contribution is -0.384. The molecule has 0 aromatic heterocycles. The molecule has 0 atom stereocenters. The summed E-state index contributed by atoms with van der Waals surface area (Å²) in [5.74, 6) is 2.16. The fraction of sp³-hybridized carbons (Fsp3) is 0.353. The summed E-state index contributed by atoms with van der Waals surface area (Å²) in [7, 11) is 0. The minimum absolute atomic E-state index is 0.0816. The Hall–Kier alpha value is -7.29. The summed E-state index contributed by atoms with van der Waals surface area (Å²) in [5.41, 5.74) is 17.5. The van der Waals surface area contributed by atoms with Gasteiger partial charge in [-0.3, -0.25) is 15.4 Å². The van der Waals surface area contributed by atoms with E-state index in [0.717, 1.165) is 88.0 Å². The Bertz CT molecular complexity index is 2580. The Morgan fingerprint density at radius 3 is 1.50 bits per heavy atom. The fourth-order valence-electron chi connectivity index (χ4n) is 7.96. The van der Waals surface area contributed by atoms with Crippen LogP contribution < -0.4 is 25.6 Å². The van der Waals surface area contributed by atoms with Gasteiger partial charge in [0.05, 0.1) is 39.1 Å². The molecule has 0 bridgehead atoms. The van der Waals surface area contributed by atoms with Crippen molar-refractivity contribution in [3.05, 3.63) is 130 Å². The Labute approximate surface area is 387 Å². The summed E-state index contributed by atoms with van der Waals surface area (Å²) < 4.78 is 5.47. The van der Waals surface area contributed by atoms with E-state index < -0.39 is 11.0 Å². The van der Waals surface area contributed by atoms with Crippen molar-refractivity contribution in [3.8, 4) is 28.0 Å². The molecule has 66 heavy (non-hydrogen) atoms. The highest BCUT2D eigenvalue weighted by molar-refractivity contribution is 6.09. The van der Waals surface area contributed by atoms with Gasteiger partial charge in [0.2, 0.25) is 0 Å². The molecule has 344 valence electrons. The van der Waals surface area contributed by atoms with Crippen LogP contribution in [0.25, 0.3) is 22.3 Å². The molecular formula is C51H61N11O4. The summed E-state index contributed by atoms with van der Waals surface area (Å²) in [6, 6.07) is 33.9. The average molecular weight is 892 g/mol. The molecule has 15 nitrogen and oxygen atoms in total.